The third-order valence-electron chi connectivity index (χ3n) is 5.78. The fraction of sp³-hybridized carbons (Fsp3) is 0.200. The zero-order valence-corrected chi connectivity index (χ0v) is 20.1. The summed E-state index contributed by atoms with van der Waals surface area (Å²) in [5, 5.41) is 31.8. The van der Waals surface area contributed by atoms with E-state index >= 15 is 0 Å². The minimum Gasteiger partial charge on any atom is -0.479 e. The van der Waals surface area contributed by atoms with E-state index < -0.39 is 34.9 Å². The molecule has 2 aromatic carbocycles. The minimum atomic E-state index is -4.53. The number of azo groups is 1. The molecule has 1 aliphatic carbocycles. The Bertz CT molecular complexity index is 1440. The molecule has 0 saturated carbocycles. The smallest absolute Gasteiger partial charge is 0.416 e. The number of hydrogen-bond donors (Lipinski definition) is 3. The highest BCUT2D eigenvalue weighted by Crippen LogP contribution is 2.35. The first-order chi connectivity index (χ1) is 17.6. The molecule has 37 heavy (non-hydrogen) atoms. The highest BCUT2D eigenvalue weighted by Gasteiger charge is 2.47. The number of benzene rings is 2. The van der Waals surface area contributed by atoms with E-state index in [2.05, 4.69) is 15.3 Å². The van der Waals surface area contributed by atoms with Crippen molar-refractivity contribution in [1.29, 1.82) is 0 Å². The first kappa shape index (κ1) is 26.2. The van der Waals surface area contributed by atoms with Crippen LogP contribution in [0.5, 0.6) is 0 Å². The standard InChI is InChI=1S/C25H21F3N4O4S/c1-37-14-19-20(22(34)32(30-19)17-11-9-16(10-12-17)25(26,27)28)29-31-24(23(35)36)13-5-8-18(21(24)33)15-6-3-2-4-7-15/h2-13,21,30,33H,14H2,1H3,(H,35,36). The number of allylic oxidation sites excluding steroid dienone is 2. The topological polar surface area (TPSA) is 120 Å². The van der Waals surface area contributed by atoms with Crippen LogP contribution in [0.4, 0.5) is 18.9 Å². The predicted molar refractivity (Wildman–Crippen MR) is 133 cm³/mol. The molecule has 0 aliphatic heterocycles. The molecule has 0 spiro atoms. The first-order valence-electron chi connectivity index (χ1n) is 10.9. The van der Waals surface area contributed by atoms with Crippen molar-refractivity contribution in [3.05, 3.63) is 100.0 Å². The molecular formula is C25H21F3N4O4S. The van der Waals surface area contributed by atoms with Gasteiger partial charge in [0.2, 0.25) is 5.54 Å². The van der Waals surface area contributed by atoms with E-state index in [1.54, 1.807) is 42.7 Å². The SMILES string of the molecule is CSCc1[nH]n(-c2ccc(C(F)(F)F)cc2)c(=O)c1N=NC1(C(=O)O)C=CC=C(c2ccccc2)C1O. The fourth-order valence-corrected chi connectivity index (χ4v) is 4.35. The molecule has 1 aromatic heterocycles. The van der Waals surface area contributed by atoms with Crippen LogP contribution in [0, 0.1) is 0 Å². The average Bonchev–Trinajstić information content (AvgIpc) is 3.18. The number of aromatic nitrogens is 2. The zero-order chi connectivity index (χ0) is 26.8. The Balaban J connectivity index is 1.75. The monoisotopic (exact) mass is 530 g/mol. The van der Waals surface area contributed by atoms with Crippen molar-refractivity contribution in [2.45, 2.75) is 23.6 Å². The molecule has 0 fully saturated rings. The molecule has 0 saturated heterocycles. The number of carbonyl (C=O) groups is 1. The van der Waals surface area contributed by atoms with Crippen LogP contribution in [-0.4, -0.2) is 43.9 Å². The Labute approximate surface area is 212 Å². The number of halogens is 3. The number of rotatable bonds is 7. The number of hydrogen-bond acceptors (Lipinski definition) is 6. The lowest BCUT2D eigenvalue weighted by Crippen LogP contribution is -2.47. The molecule has 3 N–H and O–H groups in total. The Morgan fingerprint density at radius 2 is 1.84 bits per heavy atom. The second-order valence-electron chi connectivity index (χ2n) is 8.14. The molecule has 192 valence electrons. The van der Waals surface area contributed by atoms with Crippen LogP contribution in [0.3, 0.4) is 0 Å². The number of aromatic amines is 1. The Morgan fingerprint density at radius 3 is 2.43 bits per heavy atom. The van der Waals surface area contributed by atoms with Crippen molar-refractivity contribution in [1.82, 2.24) is 9.78 Å². The number of aliphatic hydroxyl groups is 1. The number of carboxylic acids is 1. The number of thioether (sulfide) groups is 1. The Hall–Kier alpha value is -3.90. The van der Waals surface area contributed by atoms with Gasteiger partial charge in [-0.3, -0.25) is 9.89 Å². The van der Waals surface area contributed by atoms with Gasteiger partial charge in [0.1, 0.15) is 6.10 Å². The van der Waals surface area contributed by atoms with E-state index in [0.717, 1.165) is 28.9 Å². The van der Waals surface area contributed by atoms with Crippen LogP contribution in [0.1, 0.15) is 16.8 Å². The highest BCUT2D eigenvalue weighted by molar-refractivity contribution is 7.97. The van der Waals surface area contributed by atoms with Gasteiger partial charge in [-0.1, -0.05) is 42.5 Å². The molecule has 0 amide bonds. The summed E-state index contributed by atoms with van der Waals surface area (Å²) in [5.74, 6) is -1.23. The normalized spacial score (nSPS) is 19.8. The molecule has 0 radical (unpaired) electrons. The van der Waals surface area contributed by atoms with Crippen LogP contribution in [0.25, 0.3) is 11.3 Å². The number of nitrogens with one attached hydrogen (secondary N) is 1. The van der Waals surface area contributed by atoms with E-state index in [1.165, 1.54) is 23.9 Å². The van der Waals surface area contributed by atoms with Gasteiger partial charge < -0.3 is 10.2 Å². The summed E-state index contributed by atoms with van der Waals surface area (Å²) in [7, 11) is 0. The van der Waals surface area contributed by atoms with Gasteiger partial charge in [0.25, 0.3) is 5.56 Å². The summed E-state index contributed by atoms with van der Waals surface area (Å²) in [6.07, 6.45) is -0.175. The van der Waals surface area contributed by atoms with Gasteiger partial charge in [0.05, 0.1) is 16.9 Å². The molecule has 0 bridgehead atoms. The second kappa shape index (κ2) is 10.2. The summed E-state index contributed by atoms with van der Waals surface area (Å²) in [5.41, 5.74) is -2.72. The van der Waals surface area contributed by atoms with Crippen LogP contribution in [0.15, 0.2) is 87.8 Å². The van der Waals surface area contributed by atoms with Crippen molar-refractivity contribution in [2.75, 3.05) is 6.26 Å². The molecular weight excluding hydrogens is 509 g/mol. The molecule has 3 aromatic rings. The lowest BCUT2D eigenvalue weighted by molar-refractivity contribution is -0.144. The van der Waals surface area contributed by atoms with Crippen molar-refractivity contribution in [3.8, 4) is 5.69 Å². The van der Waals surface area contributed by atoms with E-state index in [4.69, 9.17) is 0 Å². The average molecular weight is 531 g/mol. The van der Waals surface area contributed by atoms with Crippen LogP contribution < -0.4 is 5.56 Å². The summed E-state index contributed by atoms with van der Waals surface area (Å²) in [6.45, 7) is 0. The van der Waals surface area contributed by atoms with E-state index in [0.29, 0.717) is 11.1 Å². The number of carboxylic acid groups (broad SMARTS) is 1. The summed E-state index contributed by atoms with van der Waals surface area (Å²) in [4.78, 5) is 25.5. The van der Waals surface area contributed by atoms with Crippen molar-refractivity contribution in [2.24, 2.45) is 10.2 Å². The van der Waals surface area contributed by atoms with Crippen molar-refractivity contribution in [3.63, 3.8) is 0 Å². The second-order valence-corrected chi connectivity index (χ2v) is 9.00. The maximum Gasteiger partial charge on any atom is 0.416 e. The quantitative estimate of drug-likeness (QED) is 0.373. The molecule has 8 nitrogen and oxygen atoms in total. The molecule has 1 aliphatic rings. The van der Waals surface area contributed by atoms with E-state index in [9.17, 15) is 33.0 Å². The highest BCUT2D eigenvalue weighted by atomic mass is 32.2. The zero-order valence-electron chi connectivity index (χ0n) is 19.3. The lowest BCUT2D eigenvalue weighted by atomic mass is 9.81. The van der Waals surface area contributed by atoms with Gasteiger partial charge in [0, 0.05) is 5.75 Å². The molecule has 1 heterocycles. The molecule has 12 heteroatoms. The van der Waals surface area contributed by atoms with Crippen molar-refractivity contribution < 1.29 is 28.2 Å². The molecule has 4 rings (SSSR count). The maximum absolute atomic E-state index is 13.2. The Kier molecular flexibility index (Phi) is 7.23. The van der Waals surface area contributed by atoms with Crippen LogP contribution >= 0.6 is 11.8 Å². The van der Waals surface area contributed by atoms with Gasteiger partial charge >= 0.3 is 12.1 Å². The number of aliphatic hydroxyl groups excluding tert-OH is 1. The lowest BCUT2D eigenvalue weighted by Gasteiger charge is -2.30. The third kappa shape index (κ3) is 5.02. The maximum atomic E-state index is 13.2. The van der Waals surface area contributed by atoms with Gasteiger partial charge in [0.15, 0.2) is 5.69 Å². The largest absolute Gasteiger partial charge is 0.479 e. The predicted octanol–water partition coefficient (Wildman–Crippen LogP) is 4.97. The van der Waals surface area contributed by atoms with Gasteiger partial charge in [-0.05, 0) is 47.7 Å². The fourth-order valence-electron chi connectivity index (χ4n) is 3.86. The summed E-state index contributed by atoms with van der Waals surface area (Å²) in [6, 6.07) is 12.6. The number of alkyl halides is 3. The van der Waals surface area contributed by atoms with E-state index in [1.807, 2.05) is 0 Å². The third-order valence-corrected chi connectivity index (χ3v) is 6.36. The van der Waals surface area contributed by atoms with Gasteiger partial charge in [-0.25, -0.2) is 9.48 Å². The van der Waals surface area contributed by atoms with E-state index in [-0.39, 0.29) is 22.8 Å². The van der Waals surface area contributed by atoms with Crippen molar-refractivity contribution >= 4 is 29.0 Å². The number of H-pyrrole nitrogens is 1. The van der Waals surface area contributed by atoms with Crippen LogP contribution in [0.2, 0.25) is 0 Å². The number of aliphatic carboxylic acids is 1. The van der Waals surface area contributed by atoms with Gasteiger partial charge in [-0.2, -0.15) is 30.0 Å². The minimum absolute atomic E-state index is 0.127. The van der Waals surface area contributed by atoms with Crippen LogP contribution in [-0.2, 0) is 16.7 Å². The first-order valence-corrected chi connectivity index (χ1v) is 12.3. The number of nitrogens with zero attached hydrogens (tertiary/aromatic N) is 3. The summed E-state index contributed by atoms with van der Waals surface area (Å²) < 4.78 is 39.8. The molecule has 2 atom stereocenters. The Morgan fingerprint density at radius 1 is 1.16 bits per heavy atom. The molecule has 2 unspecified atom stereocenters. The van der Waals surface area contributed by atoms with Gasteiger partial charge in [-0.15, -0.1) is 5.11 Å². The summed E-state index contributed by atoms with van der Waals surface area (Å²) >= 11 is 1.33.